The van der Waals surface area contributed by atoms with E-state index in [-0.39, 0.29) is 11.9 Å². The smallest absolute Gasteiger partial charge is 0.287 e. The predicted octanol–water partition coefficient (Wildman–Crippen LogP) is 2.10. The number of rotatable bonds is 7. The number of hydrogen-bond donors (Lipinski definition) is 1. The molecule has 1 aliphatic rings. The van der Waals surface area contributed by atoms with Crippen LogP contribution in [0.3, 0.4) is 0 Å². The lowest BCUT2D eigenvalue weighted by atomic mass is 10.0. The number of furan rings is 1. The maximum atomic E-state index is 12.3. The second-order valence-corrected chi connectivity index (χ2v) is 5.97. The molecule has 1 fully saturated rings. The number of morpholine rings is 1. The molecule has 1 N–H and O–H groups in total. The third-order valence-corrected chi connectivity index (χ3v) is 4.48. The van der Waals surface area contributed by atoms with Gasteiger partial charge in [-0.15, -0.1) is 0 Å². The molecule has 7 nitrogen and oxygen atoms in total. The van der Waals surface area contributed by atoms with Crippen LogP contribution in [0, 0.1) is 0 Å². The minimum atomic E-state index is -0.228. The average molecular weight is 360 g/mol. The summed E-state index contributed by atoms with van der Waals surface area (Å²) in [5.41, 5.74) is 1.05. The SMILES string of the molecule is COc1ccc(C(CNC(=O)c2ccco2)N2CCOCC2)cc1OC. The van der Waals surface area contributed by atoms with Gasteiger partial charge in [-0.2, -0.15) is 0 Å². The topological polar surface area (TPSA) is 73.2 Å². The summed E-state index contributed by atoms with van der Waals surface area (Å²) in [6.07, 6.45) is 1.49. The molecule has 140 valence electrons. The van der Waals surface area contributed by atoms with Crippen molar-refractivity contribution in [2.75, 3.05) is 47.1 Å². The van der Waals surface area contributed by atoms with E-state index in [2.05, 4.69) is 10.2 Å². The zero-order chi connectivity index (χ0) is 18.4. The van der Waals surface area contributed by atoms with E-state index in [1.165, 1.54) is 6.26 Å². The number of amides is 1. The van der Waals surface area contributed by atoms with Crippen LogP contribution in [0.5, 0.6) is 11.5 Å². The molecule has 26 heavy (non-hydrogen) atoms. The van der Waals surface area contributed by atoms with Gasteiger partial charge in [0.2, 0.25) is 0 Å². The second-order valence-electron chi connectivity index (χ2n) is 5.97. The largest absolute Gasteiger partial charge is 0.493 e. The van der Waals surface area contributed by atoms with Crippen LogP contribution in [0.25, 0.3) is 0 Å². The normalized spacial score (nSPS) is 16.1. The Kier molecular flexibility index (Phi) is 6.14. The molecule has 1 saturated heterocycles. The Morgan fingerprint density at radius 2 is 1.96 bits per heavy atom. The molecule has 3 rings (SSSR count). The molecule has 2 aromatic rings. The molecular weight excluding hydrogens is 336 g/mol. The highest BCUT2D eigenvalue weighted by Crippen LogP contribution is 2.32. The van der Waals surface area contributed by atoms with E-state index < -0.39 is 0 Å². The van der Waals surface area contributed by atoms with Crippen LogP contribution in [0.4, 0.5) is 0 Å². The van der Waals surface area contributed by atoms with Gasteiger partial charge < -0.3 is 23.9 Å². The van der Waals surface area contributed by atoms with Gasteiger partial charge >= 0.3 is 0 Å². The third kappa shape index (κ3) is 4.17. The number of nitrogens with zero attached hydrogens (tertiary/aromatic N) is 1. The number of nitrogens with one attached hydrogen (secondary N) is 1. The first-order chi connectivity index (χ1) is 12.7. The standard InChI is InChI=1S/C19H24N2O5/c1-23-16-6-5-14(12-18(16)24-2)15(21-7-10-25-11-8-21)13-20-19(22)17-4-3-9-26-17/h3-6,9,12,15H,7-8,10-11,13H2,1-2H3,(H,20,22). The molecule has 1 aromatic heterocycles. The summed E-state index contributed by atoms with van der Waals surface area (Å²) < 4.78 is 21.4. The van der Waals surface area contributed by atoms with Crippen LogP contribution in [0.2, 0.25) is 0 Å². The summed E-state index contributed by atoms with van der Waals surface area (Å²) in [4.78, 5) is 14.6. The van der Waals surface area contributed by atoms with Crippen molar-refractivity contribution in [3.63, 3.8) is 0 Å². The van der Waals surface area contributed by atoms with Gasteiger partial charge in [0, 0.05) is 19.6 Å². The van der Waals surface area contributed by atoms with Crippen molar-refractivity contribution in [1.29, 1.82) is 0 Å². The maximum Gasteiger partial charge on any atom is 0.287 e. The summed E-state index contributed by atoms with van der Waals surface area (Å²) in [5.74, 6) is 1.42. The molecule has 1 aromatic carbocycles. The highest BCUT2D eigenvalue weighted by atomic mass is 16.5. The van der Waals surface area contributed by atoms with Crippen LogP contribution < -0.4 is 14.8 Å². The van der Waals surface area contributed by atoms with Crippen molar-refractivity contribution in [1.82, 2.24) is 10.2 Å². The van der Waals surface area contributed by atoms with E-state index in [1.807, 2.05) is 18.2 Å². The van der Waals surface area contributed by atoms with Crippen molar-refractivity contribution >= 4 is 5.91 Å². The monoisotopic (exact) mass is 360 g/mol. The molecule has 0 aliphatic carbocycles. The van der Waals surface area contributed by atoms with Crippen molar-refractivity contribution < 1.29 is 23.4 Å². The fourth-order valence-electron chi connectivity index (χ4n) is 3.09. The Bertz CT molecular complexity index is 711. The number of carbonyl (C=O) groups is 1. The summed E-state index contributed by atoms with van der Waals surface area (Å²) in [5, 5.41) is 2.96. The molecule has 1 amide bonds. The summed E-state index contributed by atoms with van der Waals surface area (Å²) >= 11 is 0. The third-order valence-electron chi connectivity index (χ3n) is 4.48. The van der Waals surface area contributed by atoms with Crippen LogP contribution in [0.15, 0.2) is 41.0 Å². The van der Waals surface area contributed by atoms with Crippen molar-refractivity contribution in [2.24, 2.45) is 0 Å². The highest BCUT2D eigenvalue weighted by Gasteiger charge is 2.25. The van der Waals surface area contributed by atoms with Crippen LogP contribution >= 0.6 is 0 Å². The van der Waals surface area contributed by atoms with E-state index in [0.29, 0.717) is 37.0 Å². The van der Waals surface area contributed by atoms with E-state index >= 15 is 0 Å². The van der Waals surface area contributed by atoms with Crippen LogP contribution in [-0.2, 0) is 4.74 Å². The molecule has 0 radical (unpaired) electrons. The quantitative estimate of drug-likeness (QED) is 0.815. The molecule has 7 heteroatoms. The lowest BCUT2D eigenvalue weighted by Gasteiger charge is -2.35. The van der Waals surface area contributed by atoms with Crippen molar-refractivity contribution in [2.45, 2.75) is 6.04 Å². The molecule has 0 bridgehead atoms. The molecule has 2 heterocycles. The zero-order valence-corrected chi connectivity index (χ0v) is 15.1. The number of ether oxygens (including phenoxy) is 3. The minimum absolute atomic E-state index is 0.00221. The molecular formula is C19H24N2O5. The van der Waals surface area contributed by atoms with Gasteiger partial charge in [-0.05, 0) is 29.8 Å². The first-order valence-electron chi connectivity index (χ1n) is 8.58. The molecule has 1 aliphatic heterocycles. The first-order valence-corrected chi connectivity index (χ1v) is 8.58. The Balaban J connectivity index is 1.79. The average Bonchev–Trinajstić information content (AvgIpc) is 3.23. The number of benzene rings is 1. The summed E-state index contributed by atoms with van der Waals surface area (Å²) in [7, 11) is 3.23. The van der Waals surface area contributed by atoms with Gasteiger partial charge in [-0.1, -0.05) is 6.07 Å². The molecule has 0 spiro atoms. The van der Waals surface area contributed by atoms with Gasteiger partial charge in [-0.25, -0.2) is 0 Å². The van der Waals surface area contributed by atoms with Gasteiger partial charge in [0.25, 0.3) is 5.91 Å². The Labute approximate surface area is 152 Å². The van der Waals surface area contributed by atoms with Crippen molar-refractivity contribution in [3.8, 4) is 11.5 Å². The van der Waals surface area contributed by atoms with E-state index in [1.54, 1.807) is 26.4 Å². The van der Waals surface area contributed by atoms with Crippen LogP contribution in [-0.4, -0.2) is 57.9 Å². The lowest BCUT2D eigenvalue weighted by molar-refractivity contribution is 0.0161. The fourth-order valence-corrected chi connectivity index (χ4v) is 3.09. The van der Waals surface area contributed by atoms with Gasteiger partial charge in [-0.3, -0.25) is 9.69 Å². The first kappa shape index (κ1) is 18.3. The minimum Gasteiger partial charge on any atom is -0.493 e. The van der Waals surface area contributed by atoms with Crippen LogP contribution in [0.1, 0.15) is 22.2 Å². The number of carbonyl (C=O) groups excluding carboxylic acids is 1. The van der Waals surface area contributed by atoms with E-state index in [9.17, 15) is 4.79 Å². The van der Waals surface area contributed by atoms with E-state index in [0.717, 1.165) is 18.7 Å². The highest BCUT2D eigenvalue weighted by molar-refractivity contribution is 5.91. The number of hydrogen-bond acceptors (Lipinski definition) is 6. The Morgan fingerprint density at radius 3 is 2.62 bits per heavy atom. The van der Waals surface area contributed by atoms with Crippen molar-refractivity contribution in [3.05, 3.63) is 47.9 Å². The molecule has 1 unspecified atom stereocenters. The Hall–Kier alpha value is -2.51. The van der Waals surface area contributed by atoms with Gasteiger partial charge in [0.05, 0.1) is 39.7 Å². The number of methoxy groups -OCH3 is 2. The Morgan fingerprint density at radius 1 is 1.19 bits per heavy atom. The molecule has 0 saturated carbocycles. The van der Waals surface area contributed by atoms with E-state index in [4.69, 9.17) is 18.6 Å². The second kappa shape index (κ2) is 8.73. The van der Waals surface area contributed by atoms with Gasteiger partial charge in [0.1, 0.15) is 0 Å². The van der Waals surface area contributed by atoms with Gasteiger partial charge in [0.15, 0.2) is 17.3 Å². The zero-order valence-electron chi connectivity index (χ0n) is 15.1. The summed E-state index contributed by atoms with van der Waals surface area (Å²) in [6, 6.07) is 9.18. The summed E-state index contributed by atoms with van der Waals surface area (Å²) in [6.45, 7) is 3.41. The molecule has 1 atom stereocenters. The fraction of sp³-hybridized carbons (Fsp3) is 0.421. The lowest BCUT2D eigenvalue weighted by Crippen LogP contribution is -2.43. The predicted molar refractivity (Wildman–Crippen MR) is 95.7 cm³/mol. The maximum absolute atomic E-state index is 12.3.